The van der Waals surface area contributed by atoms with Crippen molar-refractivity contribution in [1.29, 1.82) is 0 Å². The summed E-state index contributed by atoms with van der Waals surface area (Å²) in [5.41, 5.74) is 0.523. The predicted molar refractivity (Wildman–Crippen MR) is 47.5 cm³/mol. The summed E-state index contributed by atoms with van der Waals surface area (Å²) in [6.45, 7) is 0. The molecule has 13 heavy (non-hydrogen) atoms. The molecule has 0 saturated heterocycles. The minimum atomic E-state index is -0.468. The second-order valence-electron chi connectivity index (χ2n) is 3.05. The lowest BCUT2D eigenvalue weighted by Crippen LogP contribution is -2.04. The van der Waals surface area contributed by atoms with E-state index in [1.165, 1.54) is 6.20 Å². The van der Waals surface area contributed by atoms with E-state index in [1.54, 1.807) is 12.1 Å². The molecule has 1 aliphatic rings. The molecular formula is C8H9N3O2. The highest BCUT2D eigenvalue weighted by atomic mass is 16.6. The van der Waals surface area contributed by atoms with Gasteiger partial charge in [0.25, 0.3) is 0 Å². The Labute approximate surface area is 74.9 Å². The van der Waals surface area contributed by atoms with Gasteiger partial charge in [0.1, 0.15) is 11.9 Å². The maximum atomic E-state index is 10.5. The van der Waals surface area contributed by atoms with Gasteiger partial charge in [0.05, 0.1) is 0 Å². The van der Waals surface area contributed by atoms with Gasteiger partial charge in [0, 0.05) is 6.04 Å². The molecule has 1 fully saturated rings. The summed E-state index contributed by atoms with van der Waals surface area (Å²) >= 11 is 0. The zero-order chi connectivity index (χ0) is 9.26. The first kappa shape index (κ1) is 7.97. The van der Waals surface area contributed by atoms with Crippen LogP contribution in [0.1, 0.15) is 12.8 Å². The topological polar surface area (TPSA) is 68.1 Å². The van der Waals surface area contributed by atoms with Crippen LogP contribution >= 0.6 is 0 Å². The van der Waals surface area contributed by atoms with Gasteiger partial charge >= 0.3 is 5.82 Å². The van der Waals surface area contributed by atoms with E-state index in [2.05, 4.69) is 10.3 Å². The molecule has 1 heterocycles. The van der Waals surface area contributed by atoms with E-state index in [9.17, 15) is 10.1 Å². The van der Waals surface area contributed by atoms with Crippen LogP contribution in [0.5, 0.6) is 0 Å². The molecule has 0 aliphatic heterocycles. The van der Waals surface area contributed by atoms with Gasteiger partial charge in [0.15, 0.2) is 0 Å². The third-order valence-corrected chi connectivity index (χ3v) is 1.90. The van der Waals surface area contributed by atoms with Gasteiger partial charge in [-0.15, -0.1) is 0 Å². The fraction of sp³-hybridized carbons (Fsp3) is 0.375. The number of nitrogens with one attached hydrogen (secondary N) is 1. The molecule has 0 aromatic carbocycles. The summed E-state index contributed by atoms with van der Waals surface area (Å²) in [6.07, 6.45) is 3.61. The molecule has 5 heteroatoms. The van der Waals surface area contributed by atoms with E-state index in [0.29, 0.717) is 11.7 Å². The minimum Gasteiger partial charge on any atom is -0.375 e. The van der Waals surface area contributed by atoms with Crippen LogP contribution in [0.3, 0.4) is 0 Å². The van der Waals surface area contributed by atoms with Crippen LogP contribution in [0.25, 0.3) is 0 Å². The fourth-order valence-corrected chi connectivity index (χ4v) is 1.10. The summed E-state index contributed by atoms with van der Waals surface area (Å²) in [6, 6.07) is 3.78. The number of rotatable bonds is 3. The SMILES string of the molecule is O=[N+]([O-])c1ncccc1NC1CC1. The third kappa shape index (κ3) is 1.74. The maximum absolute atomic E-state index is 10.5. The van der Waals surface area contributed by atoms with Crippen LogP contribution in [0.2, 0.25) is 0 Å². The number of pyridine rings is 1. The molecule has 1 aromatic heterocycles. The number of hydrogen-bond donors (Lipinski definition) is 1. The van der Waals surface area contributed by atoms with E-state index >= 15 is 0 Å². The van der Waals surface area contributed by atoms with E-state index in [0.717, 1.165) is 12.8 Å². The van der Waals surface area contributed by atoms with Crippen LogP contribution in [0.15, 0.2) is 18.3 Å². The highest BCUT2D eigenvalue weighted by Crippen LogP contribution is 2.28. The third-order valence-electron chi connectivity index (χ3n) is 1.90. The molecule has 1 saturated carbocycles. The van der Waals surface area contributed by atoms with Gasteiger partial charge in [-0.2, -0.15) is 0 Å². The van der Waals surface area contributed by atoms with Gasteiger partial charge in [0.2, 0.25) is 0 Å². The van der Waals surface area contributed by atoms with Crippen LogP contribution in [-0.4, -0.2) is 15.9 Å². The Kier molecular flexibility index (Phi) is 1.84. The van der Waals surface area contributed by atoms with Gasteiger partial charge in [-0.1, -0.05) is 0 Å². The molecule has 0 spiro atoms. The zero-order valence-electron chi connectivity index (χ0n) is 6.93. The van der Waals surface area contributed by atoms with Crippen LogP contribution < -0.4 is 5.32 Å². The van der Waals surface area contributed by atoms with Crippen LogP contribution in [0, 0.1) is 10.1 Å². The van der Waals surface area contributed by atoms with Crippen molar-refractivity contribution < 1.29 is 4.92 Å². The molecule has 0 bridgehead atoms. The zero-order valence-corrected chi connectivity index (χ0v) is 6.93. The molecule has 1 aromatic rings. The van der Waals surface area contributed by atoms with Crippen molar-refractivity contribution in [3.8, 4) is 0 Å². The Morgan fingerprint density at radius 1 is 1.62 bits per heavy atom. The number of anilines is 1. The molecule has 0 unspecified atom stereocenters. The average Bonchev–Trinajstić information content (AvgIpc) is 2.89. The maximum Gasteiger partial charge on any atom is 0.386 e. The monoisotopic (exact) mass is 179 g/mol. The number of aromatic nitrogens is 1. The van der Waals surface area contributed by atoms with Crippen molar-refractivity contribution in [1.82, 2.24) is 4.98 Å². The smallest absolute Gasteiger partial charge is 0.375 e. The molecule has 0 radical (unpaired) electrons. The molecular weight excluding hydrogens is 170 g/mol. The molecule has 68 valence electrons. The Morgan fingerprint density at radius 3 is 3.00 bits per heavy atom. The molecule has 1 aliphatic carbocycles. The van der Waals surface area contributed by atoms with Crippen LogP contribution in [-0.2, 0) is 0 Å². The molecule has 5 nitrogen and oxygen atoms in total. The van der Waals surface area contributed by atoms with Crippen molar-refractivity contribution in [3.05, 3.63) is 28.4 Å². The Morgan fingerprint density at radius 2 is 2.38 bits per heavy atom. The number of nitro groups is 1. The van der Waals surface area contributed by atoms with Crippen molar-refractivity contribution >= 4 is 11.5 Å². The summed E-state index contributed by atoms with van der Waals surface area (Å²) in [5, 5.41) is 13.6. The highest BCUT2D eigenvalue weighted by Gasteiger charge is 2.24. The average molecular weight is 179 g/mol. The predicted octanol–water partition coefficient (Wildman–Crippen LogP) is 1.56. The summed E-state index contributed by atoms with van der Waals surface area (Å²) < 4.78 is 0. The first-order valence-electron chi connectivity index (χ1n) is 4.13. The minimum absolute atomic E-state index is 0.0885. The van der Waals surface area contributed by atoms with Gasteiger partial charge in [-0.05, 0) is 34.9 Å². The van der Waals surface area contributed by atoms with Crippen LogP contribution in [0.4, 0.5) is 11.5 Å². The lowest BCUT2D eigenvalue weighted by Gasteiger charge is -2.03. The Hall–Kier alpha value is -1.65. The summed E-state index contributed by atoms with van der Waals surface area (Å²) in [7, 11) is 0. The van der Waals surface area contributed by atoms with Gasteiger partial charge in [-0.25, -0.2) is 0 Å². The molecule has 0 amide bonds. The fourth-order valence-electron chi connectivity index (χ4n) is 1.10. The number of hydrogen-bond acceptors (Lipinski definition) is 4. The van der Waals surface area contributed by atoms with Crippen molar-refractivity contribution in [2.45, 2.75) is 18.9 Å². The first-order valence-corrected chi connectivity index (χ1v) is 4.13. The second-order valence-corrected chi connectivity index (χ2v) is 3.05. The molecule has 2 rings (SSSR count). The quantitative estimate of drug-likeness (QED) is 0.564. The normalized spacial score (nSPS) is 15.4. The molecule has 1 N–H and O–H groups in total. The van der Waals surface area contributed by atoms with E-state index < -0.39 is 4.92 Å². The summed E-state index contributed by atoms with van der Waals surface area (Å²) in [4.78, 5) is 13.8. The van der Waals surface area contributed by atoms with Gasteiger partial charge in [-0.3, -0.25) is 0 Å². The van der Waals surface area contributed by atoms with E-state index in [-0.39, 0.29) is 5.82 Å². The number of nitrogens with zero attached hydrogens (tertiary/aromatic N) is 2. The van der Waals surface area contributed by atoms with Gasteiger partial charge < -0.3 is 15.4 Å². The lowest BCUT2D eigenvalue weighted by molar-refractivity contribution is -0.388. The van der Waals surface area contributed by atoms with E-state index in [4.69, 9.17) is 0 Å². The second kappa shape index (κ2) is 3.01. The Balaban J connectivity index is 2.25. The standard InChI is InChI=1S/C8H9N3O2/c12-11(13)8-7(2-1-5-9-8)10-6-3-4-6/h1-2,5-6,10H,3-4H2. The highest BCUT2D eigenvalue weighted by molar-refractivity contribution is 5.57. The summed E-state index contributed by atoms with van der Waals surface area (Å²) in [5.74, 6) is -0.0885. The molecule has 0 atom stereocenters. The van der Waals surface area contributed by atoms with E-state index in [1.807, 2.05) is 0 Å². The van der Waals surface area contributed by atoms with Crippen molar-refractivity contribution in [2.75, 3.05) is 5.32 Å². The van der Waals surface area contributed by atoms with Crippen molar-refractivity contribution in [2.24, 2.45) is 0 Å². The first-order chi connectivity index (χ1) is 6.27. The lowest BCUT2D eigenvalue weighted by atomic mass is 10.4. The van der Waals surface area contributed by atoms with Crippen molar-refractivity contribution in [3.63, 3.8) is 0 Å². The largest absolute Gasteiger partial charge is 0.386 e. The Bertz CT molecular complexity index is 336.